The second-order valence-electron chi connectivity index (χ2n) is 7.18. The first-order valence-corrected chi connectivity index (χ1v) is 11.3. The van der Waals surface area contributed by atoms with Crippen molar-refractivity contribution in [3.05, 3.63) is 84.2 Å². The second-order valence-corrected chi connectivity index (χ2v) is 9.11. The van der Waals surface area contributed by atoms with Crippen LogP contribution in [0.4, 0.5) is 5.69 Å². The van der Waals surface area contributed by atoms with E-state index in [0.717, 1.165) is 26.4 Å². The van der Waals surface area contributed by atoms with Gasteiger partial charge < -0.3 is 0 Å². The van der Waals surface area contributed by atoms with Crippen molar-refractivity contribution in [1.29, 1.82) is 0 Å². The number of hydrogen-bond donors (Lipinski definition) is 0. The van der Waals surface area contributed by atoms with Gasteiger partial charge in [-0.15, -0.1) is 22.7 Å². The van der Waals surface area contributed by atoms with Crippen LogP contribution in [0.15, 0.2) is 58.3 Å². The summed E-state index contributed by atoms with van der Waals surface area (Å²) in [5.41, 5.74) is 0.453. The third-order valence-corrected chi connectivity index (χ3v) is 7.19. The first kappa shape index (κ1) is 20.2. The van der Waals surface area contributed by atoms with Crippen molar-refractivity contribution in [2.75, 3.05) is 6.54 Å². The Labute approximate surface area is 189 Å². The average molecular weight is 467 g/mol. The number of benzene rings is 1. The van der Waals surface area contributed by atoms with Crippen molar-refractivity contribution in [2.24, 2.45) is 5.10 Å². The van der Waals surface area contributed by atoms with Crippen LogP contribution in [0.3, 0.4) is 0 Å². The molecule has 3 aromatic rings. The summed E-state index contributed by atoms with van der Waals surface area (Å²) >= 11 is 3.03. The first-order chi connectivity index (χ1) is 15.4. The van der Waals surface area contributed by atoms with E-state index < -0.39 is 29.2 Å². The second kappa shape index (κ2) is 7.77. The van der Waals surface area contributed by atoms with Gasteiger partial charge in [-0.25, -0.2) is 5.01 Å². The van der Waals surface area contributed by atoms with E-state index in [1.54, 1.807) is 0 Å². The fourth-order valence-electron chi connectivity index (χ4n) is 3.78. The monoisotopic (exact) mass is 466 g/mol. The molecule has 4 heterocycles. The molecule has 1 atom stereocenters. The molecule has 5 rings (SSSR count). The Kier molecular flexibility index (Phi) is 4.91. The molecule has 1 aromatic carbocycles. The molecule has 0 saturated heterocycles. The van der Waals surface area contributed by atoms with E-state index >= 15 is 0 Å². The molecule has 0 N–H and O–H groups in total. The van der Waals surface area contributed by atoms with Gasteiger partial charge in [0.05, 0.1) is 32.7 Å². The molecule has 2 aliphatic heterocycles. The number of nitrogens with zero attached hydrogens (tertiary/aromatic N) is 4. The Hall–Kier alpha value is -3.70. The van der Waals surface area contributed by atoms with Crippen LogP contribution in [-0.2, 0) is 4.79 Å². The van der Waals surface area contributed by atoms with Crippen LogP contribution in [0.25, 0.3) is 0 Å². The molecule has 0 spiro atoms. The summed E-state index contributed by atoms with van der Waals surface area (Å²) in [4.78, 5) is 51.8. The lowest BCUT2D eigenvalue weighted by atomic mass is 10.1. The number of nitro benzene ring substituents is 1. The summed E-state index contributed by atoms with van der Waals surface area (Å²) in [5, 5.41) is 20.7. The van der Waals surface area contributed by atoms with Gasteiger partial charge in [-0.2, -0.15) is 5.10 Å². The lowest BCUT2D eigenvalue weighted by Crippen LogP contribution is -2.40. The van der Waals surface area contributed by atoms with Crippen molar-refractivity contribution in [2.45, 2.75) is 12.5 Å². The fraction of sp³-hybridized carbons (Fsp3) is 0.143. The highest BCUT2D eigenvalue weighted by molar-refractivity contribution is 7.12. The summed E-state index contributed by atoms with van der Waals surface area (Å²) in [6.45, 7) is -0.497. The quantitative estimate of drug-likeness (QED) is 0.323. The fourth-order valence-corrected chi connectivity index (χ4v) is 5.31. The lowest BCUT2D eigenvalue weighted by molar-refractivity contribution is -0.384. The van der Waals surface area contributed by atoms with E-state index in [9.17, 15) is 24.5 Å². The van der Waals surface area contributed by atoms with Crippen LogP contribution >= 0.6 is 22.7 Å². The van der Waals surface area contributed by atoms with Gasteiger partial charge in [0.1, 0.15) is 6.54 Å². The van der Waals surface area contributed by atoms with Crippen molar-refractivity contribution in [1.82, 2.24) is 9.91 Å². The van der Waals surface area contributed by atoms with E-state index in [-0.39, 0.29) is 22.9 Å². The molecular formula is C21H14N4O5S2. The lowest BCUT2D eigenvalue weighted by Gasteiger charge is -2.23. The van der Waals surface area contributed by atoms with E-state index in [1.165, 1.54) is 39.8 Å². The van der Waals surface area contributed by atoms with E-state index in [2.05, 4.69) is 5.10 Å². The summed E-state index contributed by atoms with van der Waals surface area (Å²) < 4.78 is 0. The molecule has 160 valence electrons. The van der Waals surface area contributed by atoms with Gasteiger partial charge >= 0.3 is 0 Å². The maximum atomic E-state index is 13.2. The molecule has 1 unspecified atom stereocenters. The Balaban J connectivity index is 1.42. The molecule has 0 bridgehead atoms. The normalized spacial score (nSPS) is 17.6. The van der Waals surface area contributed by atoms with Crippen molar-refractivity contribution in [3.8, 4) is 0 Å². The molecule has 0 saturated carbocycles. The largest absolute Gasteiger partial charge is 0.271 e. The molecule has 0 aliphatic carbocycles. The van der Waals surface area contributed by atoms with Crippen LogP contribution in [0, 0.1) is 10.1 Å². The van der Waals surface area contributed by atoms with Crippen LogP contribution in [-0.4, -0.2) is 44.8 Å². The number of carbonyl (C=O) groups is 3. The standard InChI is InChI=1S/C21H14N4O5S2/c26-19(11-23-20(27)13-6-5-12(25(29)30)9-14(13)21(23)28)24-16(18-4-2-8-32-18)10-15(22-24)17-3-1-7-31-17/h1-9,16H,10-11H2. The number of thiophene rings is 2. The van der Waals surface area contributed by atoms with Crippen LogP contribution in [0.5, 0.6) is 0 Å². The molecule has 9 nitrogen and oxygen atoms in total. The van der Waals surface area contributed by atoms with Crippen molar-refractivity contribution in [3.63, 3.8) is 0 Å². The van der Waals surface area contributed by atoms with Gasteiger partial charge in [-0.05, 0) is 29.0 Å². The molecule has 2 aromatic heterocycles. The van der Waals surface area contributed by atoms with E-state index in [0.29, 0.717) is 6.42 Å². The minimum atomic E-state index is -0.726. The Morgan fingerprint density at radius 3 is 2.53 bits per heavy atom. The molecular weight excluding hydrogens is 452 g/mol. The number of hydrazone groups is 1. The van der Waals surface area contributed by atoms with Gasteiger partial charge in [-0.3, -0.25) is 29.4 Å². The number of carbonyl (C=O) groups excluding carboxylic acids is 3. The van der Waals surface area contributed by atoms with Crippen LogP contribution in [0.1, 0.15) is 42.9 Å². The maximum absolute atomic E-state index is 13.2. The topological polar surface area (TPSA) is 113 Å². The number of nitro groups is 1. The highest BCUT2D eigenvalue weighted by Gasteiger charge is 2.41. The maximum Gasteiger partial charge on any atom is 0.270 e. The highest BCUT2D eigenvalue weighted by atomic mass is 32.1. The SMILES string of the molecule is O=C1c2ccc([N+](=O)[O-])cc2C(=O)N1CC(=O)N1N=C(c2cccs2)CC1c1cccs1. The Bertz CT molecular complexity index is 1280. The zero-order chi connectivity index (χ0) is 22.4. The third kappa shape index (κ3) is 3.31. The number of rotatable bonds is 5. The molecule has 2 aliphatic rings. The zero-order valence-electron chi connectivity index (χ0n) is 16.3. The number of hydrogen-bond acceptors (Lipinski definition) is 8. The predicted octanol–water partition coefficient (Wildman–Crippen LogP) is 3.69. The van der Waals surface area contributed by atoms with Gasteiger partial charge in [-0.1, -0.05) is 12.1 Å². The average Bonchev–Trinajstić information content (AvgIpc) is 3.57. The smallest absolute Gasteiger partial charge is 0.270 e. The molecule has 11 heteroatoms. The first-order valence-electron chi connectivity index (χ1n) is 9.55. The zero-order valence-corrected chi connectivity index (χ0v) is 18.0. The Morgan fingerprint density at radius 2 is 1.84 bits per heavy atom. The summed E-state index contributed by atoms with van der Waals surface area (Å²) in [5.74, 6) is -1.88. The summed E-state index contributed by atoms with van der Waals surface area (Å²) in [6.07, 6.45) is 0.529. The van der Waals surface area contributed by atoms with Crippen molar-refractivity contribution < 1.29 is 19.3 Å². The summed E-state index contributed by atoms with van der Waals surface area (Å²) in [6, 6.07) is 10.8. The van der Waals surface area contributed by atoms with Gasteiger partial charge in [0, 0.05) is 23.4 Å². The minimum absolute atomic E-state index is 0.0485. The van der Waals surface area contributed by atoms with Crippen LogP contribution in [0.2, 0.25) is 0 Å². The number of imide groups is 1. The van der Waals surface area contributed by atoms with E-state index in [4.69, 9.17) is 0 Å². The minimum Gasteiger partial charge on any atom is -0.271 e. The Morgan fingerprint density at radius 1 is 1.09 bits per heavy atom. The van der Waals surface area contributed by atoms with Gasteiger partial charge in [0.2, 0.25) is 0 Å². The highest BCUT2D eigenvalue weighted by Crippen LogP contribution is 2.36. The van der Waals surface area contributed by atoms with Crippen LogP contribution < -0.4 is 0 Å². The van der Waals surface area contributed by atoms with Gasteiger partial charge in [0.15, 0.2) is 0 Å². The molecule has 0 radical (unpaired) electrons. The van der Waals surface area contributed by atoms with E-state index in [1.807, 2.05) is 35.0 Å². The number of fused-ring (bicyclic) bond motifs is 1. The third-order valence-electron chi connectivity index (χ3n) is 5.30. The predicted molar refractivity (Wildman–Crippen MR) is 118 cm³/mol. The molecule has 3 amide bonds. The summed E-state index contributed by atoms with van der Waals surface area (Å²) in [7, 11) is 0. The molecule has 0 fully saturated rings. The number of amides is 3. The van der Waals surface area contributed by atoms with Crippen molar-refractivity contribution >= 4 is 51.8 Å². The number of non-ortho nitro benzene ring substituents is 1. The van der Waals surface area contributed by atoms with Gasteiger partial charge in [0.25, 0.3) is 23.4 Å². The molecule has 32 heavy (non-hydrogen) atoms.